The van der Waals surface area contributed by atoms with Crippen molar-refractivity contribution in [2.75, 3.05) is 43.9 Å². The van der Waals surface area contributed by atoms with Gasteiger partial charge in [-0.15, -0.1) is 0 Å². The maximum atomic E-state index is 14.1. The first-order valence-corrected chi connectivity index (χ1v) is 14.0. The van der Waals surface area contributed by atoms with E-state index in [0.717, 1.165) is 19.2 Å². The highest BCUT2D eigenvalue weighted by Crippen LogP contribution is 2.35. The number of piperazine rings is 1. The first kappa shape index (κ1) is 29.2. The number of rotatable bonds is 7. The van der Waals surface area contributed by atoms with Crippen LogP contribution in [0.2, 0.25) is 0 Å². The van der Waals surface area contributed by atoms with E-state index < -0.39 is 17.6 Å². The summed E-state index contributed by atoms with van der Waals surface area (Å²) in [5.41, 5.74) is 1.37. The lowest BCUT2D eigenvalue weighted by atomic mass is 10.0. The van der Waals surface area contributed by atoms with Gasteiger partial charge in [-0.2, -0.15) is 18.3 Å². The van der Waals surface area contributed by atoms with Gasteiger partial charge in [-0.25, -0.2) is 9.97 Å². The van der Waals surface area contributed by atoms with Gasteiger partial charge in [0, 0.05) is 63.4 Å². The average Bonchev–Trinajstić information content (AvgIpc) is 3.40. The Labute approximate surface area is 251 Å². The van der Waals surface area contributed by atoms with E-state index in [1.54, 1.807) is 60.7 Å². The molecule has 0 radical (unpaired) electrons. The number of pyridine rings is 1. The van der Waals surface area contributed by atoms with Crippen molar-refractivity contribution < 1.29 is 18.0 Å². The molecule has 0 bridgehead atoms. The Morgan fingerprint density at radius 2 is 1.75 bits per heavy atom. The van der Waals surface area contributed by atoms with Crippen molar-refractivity contribution >= 4 is 34.1 Å². The molecule has 1 amide bonds. The molecule has 226 valence electrons. The Morgan fingerprint density at radius 3 is 2.50 bits per heavy atom. The maximum Gasteiger partial charge on any atom is 0.416 e. The van der Waals surface area contributed by atoms with Gasteiger partial charge in [0.05, 0.1) is 28.4 Å². The molecule has 0 saturated carbocycles. The van der Waals surface area contributed by atoms with Crippen LogP contribution in [0.1, 0.15) is 21.5 Å². The highest BCUT2D eigenvalue weighted by Gasteiger charge is 2.34. The number of alkyl halides is 3. The summed E-state index contributed by atoms with van der Waals surface area (Å²) in [6, 6.07) is 14.3. The number of likely N-dealkylation sites (N-methyl/N-ethyl adjacent to an activating group) is 1. The van der Waals surface area contributed by atoms with Crippen LogP contribution in [-0.4, -0.2) is 73.7 Å². The van der Waals surface area contributed by atoms with E-state index in [1.165, 1.54) is 12.1 Å². The van der Waals surface area contributed by atoms with Crippen LogP contribution in [0.4, 0.5) is 30.4 Å². The minimum atomic E-state index is -4.57. The average molecular weight is 602 g/mol. The van der Waals surface area contributed by atoms with Gasteiger partial charge in [-0.1, -0.05) is 18.2 Å². The Hall–Kier alpha value is -4.88. The summed E-state index contributed by atoms with van der Waals surface area (Å²) in [5.74, 6) is 0.252. The molecular formula is C31H30F3N9O. The number of fused-ring (bicyclic) bond motifs is 1. The number of nitrogens with one attached hydrogen (secondary N) is 2. The normalized spacial score (nSPS) is 14.6. The van der Waals surface area contributed by atoms with Crippen molar-refractivity contribution in [3.63, 3.8) is 0 Å². The molecule has 1 aliphatic rings. The van der Waals surface area contributed by atoms with Crippen LogP contribution in [0.5, 0.6) is 0 Å². The van der Waals surface area contributed by atoms with Crippen LogP contribution in [0, 0.1) is 0 Å². The van der Waals surface area contributed by atoms with Gasteiger partial charge in [0.25, 0.3) is 5.91 Å². The molecule has 4 heterocycles. The fraction of sp³-hybridized carbons (Fsp3) is 0.258. The van der Waals surface area contributed by atoms with Gasteiger partial charge in [0.2, 0.25) is 0 Å². The fourth-order valence-corrected chi connectivity index (χ4v) is 5.16. The number of halogens is 3. The molecular weight excluding hydrogens is 571 g/mol. The van der Waals surface area contributed by atoms with Crippen molar-refractivity contribution in [1.82, 2.24) is 34.5 Å². The fourth-order valence-electron chi connectivity index (χ4n) is 5.16. The Bertz CT molecular complexity index is 1800. The predicted molar refractivity (Wildman–Crippen MR) is 161 cm³/mol. The van der Waals surface area contributed by atoms with Crippen LogP contribution in [0.3, 0.4) is 0 Å². The lowest BCUT2D eigenvalue weighted by Gasteiger charge is -2.33. The Morgan fingerprint density at radius 1 is 0.955 bits per heavy atom. The molecule has 13 heteroatoms. The number of benzene rings is 2. The van der Waals surface area contributed by atoms with Crippen molar-refractivity contribution in [3.05, 3.63) is 89.9 Å². The molecule has 1 fully saturated rings. The summed E-state index contributed by atoms with van der Waals surface area (Å²) >= 11 is 0. The zero-order valence-corrected chi connectivity index (χ0v) is 24.1. The Balaban J connectivity index is 1.27. The van der Waals surface area contributed by atoms with Crippen molar-refractivity contribution in [2.24, 2.45) is 7.05 Å². The van der Waals surface area contributed by atoms with Gasteiger partial charge in [-0.05, 0) is 49.0 Å². The van der Waals surface area contributed by atoms with E-state index in [1.807, 2.05) is 18.0 Å². The van der Waals surface area contributed by atoms with E-state index in [0.29, 0.717) is 47.0 Å². The minimum Gasteiger partial charge on any atom is -0.339 e. The lowest BCUT2D eigenvalue weighted by Crippen LogP contribution is -2.44. The van der Waals surface area contributed by atoms with Crippen LogP contribution in [-0.2, 0) is 19.8 Å². The van der Waals surface area contributed by atoms with E-state index in [2.05, 4.69) is 35.6 Å². The summed E-state index contributed by atoms with van der Waals surface area (Å²) in [5, 5.41) is 10.8. The number of aromatic nitrogens is 5. The monoisotopic (exact) mass is 601 g/mol. The summed E-state index contributed by atoms with van der Waals surface area (Å²) in [6.07, 6.45) is 0.346. The van der Waals surface area contributed by atoms with Crippen LogP contribution in [0.15, 0.2) is 73.2 Å². The van der Waals surface area contributed by atoms with Crippen molar-refractivity contribution in [2.45, 2.75) is 12.7 Å². The number of carbonyl (C=O) groups excluding carboxylic acids is 1. The lowest BCUT2D eigenvalue weighted by molar-refractivity contribution is -0.138. The van der Waals surface area contributed by atoms with Crippen LogP contribution in [0.25, 0.3) is 22.4 Å². The smallest absolute Gasteiger partial charge is 0.339 e. The number of amides is 1. The summed E-state index contributed by atoms with van der Waals surface area (Å²) in [7, 11) is 3.76. The maximum absolute atomic E-state index is 14.1. The Kier molecular flexibility index (Phi) is 7.97. The molecule has 5 aromatic rings. The predicted octanol–water partition coefficient (Wildman–Crippen LogP) is 5.19. The highest BCUT2D eigenvalue weighted by atomic mass is 19.4. The zero-order valence-electron chi connectivity index (χ0n) is 24.1. The van der Waals surface area contributed by atoms with E-state index >= 15 is 0 Å². The summed E-state index contributed by atoms with van der Waals surface area (Å²) in [6.45, 7) is 3.17. The standard InChI is InChI=1S/C31H30F3N9O/c1-41-12-14-43(15-13-41)19-21-9-10-22(16-25(21)31(32,33)34)37-30(44)23-7-3-4-8-26(23)38-28-24-18-36-42(2)29(24)40-27(39-28)20-6-5-11-35-17-20/h3-11,16-18H,12-15,19H2,1-2H3,(H,37,44)(H,38,39,40). The van der Waals surface area contributed by atoms with Crippen molar-refractivity contribution in [3.8, 4) is 11.4 Å². The number of aryl methyl sites for hydroxylation is 1. The number of hydrogen-bond acceptors (Lipinski definition) is 8. The van der Waals surface area contributed by atoms with E-state index in [4.69, 9.17) is 0 Å². The first-order valence-electron chi connectivity index (χ1n) is 14.0. The highest BCUT2D eigenvalue weighted by molar-refractivity contribution is 6.09. The molecule has 0 unspecified atom stereocenters. The molecule has 0 atom stereocenters. The summed E-state index contributed by atoms with van der Waals surface area (Å²) in [4.78, 5) is 31.1. The molecule has 44 heavy (non-hydrogen) atoms. The number of anilines is 3. The first-order chi connectivity index (χ1) is 21.2. The minimum absolute atomic E-state index is 0.0507. The second kappa shape index (κ2) is 12.0. The second-order valence-corrected chi connectivity index (χ2v) is 10.7. The van der Waals surface area contributed by atoms with Gasteiger partial charge in [0.15, 0.2) is 11.5 Å². The molecule has 1 aliphatic heterocycles. The molecule has 6 rings (SSSR count). The molecule has 0 aliphatic carbocycles. The number of para-hydroxylation sites is 1. The second-order valence-electron chi connectivity index (χ2n) is 10.7. The molecule has 3 aromatic heterocycles. The van der Waals surface area contributed by atoms with Crippen LogP contribution >= 0.6 is 0 Å². The molecule has 10 nitrogen and oxygen atoms in total. The third-order valence-corrected chi connectivity index (χ3v) is 7.60. The van der Waals surface area contributed by atoms with Crippen LogP contribution < -0.4 is 10.6 Å². The van der Waals surface area contributed by atoms with Gasteiger partial charge < -0.3 is 15.5 Å². The number of carbonyl (C=O) groups is 1. The zero-order chi connectivity index (χ0) is 30.8. The largest absolute Gasteiger partial charge is 0.416 e. The topological polar surface area (TPSA) is 104 Å². The van der Waals surface area contributed by atoms with E-state index in [-0.39, 0.29) is 23.4 Å². The quantitative estimate of drug-likeness (QED) is 0.263. The SMILES string of the molecule is CN1CCN(Cc2ccc(NC(=O)c3ccccc3Nc3nc(-c4cccnc4)nc4c3cnn4C)cc2C(F)(F)F)CC1. The summed E-state index contributed by atoms with van der Waals surface area (Å²) < 4.78 is 44.0. The van der Waals surface area contributed by atoms with Gasteiger partial charge in [0.1, 0.15) is 5.82 Å². The molecule has 0 spiro atoms. The molecule has 2 aromatic carbocycles. The van der Waals surface area contributed by atoms with Gasteiger partial charge in [-0.3, -0.25) is 19.4 Å². The van der Waals surface area contributed by atoms with Gasteiger partial charge >= 0.3 is 6.18 Å². The third kappa shape index (κ3) is 6.24. The van der Waals surface area contributed by atoms with Crippen molar-refractivity contribution in [1.29, 1.82) is 0 Å². The number of nitrogens with zero attached hydrogens (tertiary/aromatic N) is 7. The third-order valence-electron chi connectivity index (χ3n) is 7.60. The molecule has 1 saturated heterocycles. The molecule has 2 N–H and O–H groups in total. The van der Waals surface area contributed by atoms with E-state index in [9.17, 15) is 18.0 Å². The number of hydrogen-bond donors (Lipinski definition) is 2.